The maximum Gasteiger partial charge on any atom is 0.163 e. The number of alkyl halides is 1. The van der Waals surface area contributed by atoms with Crippen molar-refractivity contribution in [2.45, 2.75) is 4.87 Å². The zero-order valence-electron chi connectivity index (χ0n) is 7.64. The zero-order chi connectivity index (χ0) is 11.8. The van der Waals surface area contributed by atoms with Crippen LogP contribution in [-0.4, -0.2) is 16.4 Å². The summed E-state index contributed by atoms with van der Waals surface area (Å²) in [5.41, 5.74) is 0. The van der Waals surface area contributed by atoms with Crippen LogP contribution in [0.25, 0.3) is 0 Å². The lowest BCUT2D eigenvalue weighted by molar-refractivity contribution is -0.124. The summed E-state index contributed by atoms with van der Waals surface area (Å²) in [5, 5.41) is 0.655. The molecule has 3 aliphatic carbocycles. The molecular weight excluding hydrogens is 294 g/mol. The molecule has 0 amide bonds. The average molecular weight is 298 g/mol. The molecule has 0 saturated heterocycles. The van der Waals surface area contributed by atoms with Crippen molar-refractivity contribution in [1.29, 1.82) is 0 Å². The van der Waals surface area contributed by atoms with Crippen molar-refractivity contribution in [2.75, 3.05) is 0 Å². The molecule has 2 bridgehead atoms. The third-order valence-electron chi connectivity index (χ3n) is 3.49. The van der Waals surface area contributed by atoms with Gasteiger partial charge in [0.2, 0.25) is 0 Å². The van der Waals surface area contributed by atoms with Crippen LogP contribution in [0.3, 0.4) is 0 Å². The van der Waals surface area contributed by atoms with Crippen molar-refractivity contribution in [2.24, 2.45) is 17.8 Å². The molecule has 0 radical (unpaired) electrons. The lowest BCUT2D eigenvalue weighted by Crippen LogP contribution is -2.38. The van der Waals surface area contributed by atoms with Crippen molar-refractivity contribution in [1.82, 2.24) is 0 Å². The largest absolute Gasteiger partial charge is 0.298 e. The van der Waals surface area contributed by atoms with Gasteiger partial charge in [-0.15, -0.1) is 11.6 Å². The summed E-state index contributed by atoms with van der Waals surface area (Å²) < 4.78 is 0. The van der Waals surface area contributed by atoms with Gasteiger partial charge in [-0.2, -0.15) is 0 Å². The van der Waals surface area contributed by atoms with Gasteiger partial charge >= 0.3 is 0 Å². The van der Waals surface area contributed by atoms with Gasteiger partial charge in [-0.1, -0.05) is 34.8 Å². The smallest absolute Gasteiger partial charge is 0.163 e. The molecule has 4 atom stereocenters. The highest BCUT2D eigenvalue weighted by atomic mass is 35.5. The van der Waals surface area contributed by atoms with E-state index in [0.29, 0.717) is 0 Å². The van der Waals surface area contributed by atoms with E-state index in [1.807, 2.05) is 0 Å². The highest BCUT2D eigenvalue weighted by molar-refractivity contribution is 6.50. The summed E-state index contributed by atoms with van der Waals surface area (Å²) in [5.74, 6) is -2.61. The molecule has 0 spiro atoms. The molecule has 0 aromatic rings. The van der Waals surface area contributed by atoms with Crippen molar-refractivity contribution in [3.63, 3.8) is 0 Å². The lowest BCUT2D eigenvalue weighted by Gasteiger charge is -2.31. The lowest BCUT2D eigenvalue weighted by atomic mass is 9.84. The predicted octanol–water partition coefficient (Wildman–Crippen LogP) is 2.80. The number of ketones is 2. The van der Waals surface area contributed by atoms with E-state index in [2.05, 4.69) is 0 Å². The third kappa shape index (κ3) is 0.943. The molecule has 2 nitrogen and oxygen atoms in total. The molecule has 0 heterocycles. The van der Waals surface area contributed by atoms with Gasteiger partial charge in [0.05, 0.1) is 17.8 Å². The molecule has 1 saturated carbocycles. The van der Waals surface area contributed by atoms with E-state index in [1.165, 1.54) is 6.08 Å². The van der Waals surface area contributed by atoms with Crippen LogP contribution in [0.2, 0.25) is 0 Å². The van der Waals surface area contributed by atoms with Crippen LogP contribution in [0.15, 0.2) is 21.2 Å². The van der Waals surface area contributed by atoms with E-state index >= 15 is 0 Å². The monoisotopic (exact) mass is 296 g/mol. The number of carbonyl (C=O) groups is 2. The highest BCUT2D eigenvalue weighted by Gasteiger charge is 2.71. The zero-order valence-corrected chi connectivity index (χ0v) is 10.7. The van der Waals surface area contributed by atoms with Crippen LogP contribution >= 0.6 is 46.4 Å². The second kappa shape index (κ2) is 3.05. The molecule has 0 aliphatic heterocycles. The number of fused-ring (bicyclic) bond motifs is 5. The minimum atomic E-state index is -1.20. The molecule has 3 rings (SSSR count). The van der Waals surface area contributed by atoms with E-state index in [1.54, 1.807) is 0 Å². The minimum absolute atomic E-state index is 0.187. The number of rotatable bonds is 0. The summed E-state index contributed by atoms with van der Waals surface area (Å²) >= 11 is 24.2. The Morgan fingerprint density at radius 3 is 2.38 bits per heavy atom. The van der Waals surface area contributed by atoms with Gasteiger partial charge in [0.15, 0.2) is 11.6 Å². The normalized spacial score (nSPS) is 45.5. The van der Waals surface area contributed by atoms with Crippen LogP contribution in [-0.2, 0) is 9.59 Å². The highest BCUT2D eigenvalue weighted by Crippen LogP contribution is 2.65. The molecular formula is C10H4Cl4O2. The maximum atomic E-state index is 12.0. The van der Waals surface area contributed by atoms with Gasteiger partial charge in [-0.3, -0.25) is 9.59 Å². The average Bonchev–Trinajstić information content (AvgIpc) is 2.64. The maximum absolute atomic E-state index is 12.0. The van der Waals surface area contributed by atoms with E-state index in [9.17, 15) is 9.59 Å². The SMILES string of the molecule is O=C1C2C(Cl)=C(Cl)C1C1(Cl)C(Cl)=CC(=O)C21. The van der Waals surface area contributed by atoms with Gasteiger partial charge in [-0.25, -0.2) is 0 Å². The molecule has 3 aliphatic rings. The number of halogens is 4. The van der Waals surface area contributed by atoms with Crippen LogP contribution in [0, 0.1) is 17.8 Å². The van der Waals surface area contributed by atoms with Crippen molar-refractivity contribution < 1.29 is 9.59 Å². The number of hydrogen-bond donors (Lipinski definition) is 0. The standard InChI is InChI=1S/C10H4Cl4O2/c11-3-1-2(15)5-4-7(12)8(13)6(9(4)16)10(3,5)14/h1,4-6H. The first-order chi connectivity index (χ1) is 7.40. The first kappa shape index (κ1) is 11.1. The second-order valence-electron chi connectivity index (χ2n) is 4.15. The fourth-order valence-electron chi connectivity index (χ4n) is 2.82. The van der Waals surface area contributed by atoms with Crippen molar-refractivity contribution >= 4 is 58.0 Å². The Bertz CT molecular complexity index is 507. The van der Waals surface area contributed by atoms with E-state index < -0.39 is 22.6 Å². The summed E-state index contributed by atoms with van der Waals surface area (Å²) in [6.45, 7) is 0. The van der Waals surface area contributed by atoms with E-state index in [0.717, 1.165) is 0 Å². The molecule has 0 aromatic heterocycles. The molecule has 0 aromatic carbocycles. The summed E-state index contributed by atoms with van der Waals surface area (Å²) in [4.78, 5) is 22.5. The topological polar surface area (TPSA) is 34.1 Å². The molecule has 4 unspecified atom stereocenters. The van der Waals surface area contributed by atoms with Crippen LogP contribution in [0.1, 0.15) is 0 Å². The van der Waals surface area contributed by atoms with Crippen LogP contribution in [0.4, 0.5) is 0 Å². The van der Waals surface area contributed by atoms with Crippen LogP contribution in [0.5, 0.6) is 0 Å². The minimum Gasteiger partial charge on any atom is -0.298 e. The fraction of sp³-hybridized carbons (Fsp3) is 0.400. The Labute approximate surface area is 111 Å². The van der Waals surface area contributed by atoms with Crippen LogP contribution < -0.4 is 0 Å². The third-order valence-corrected chi connectivity index (χ3v) is 5.63. The molecule has 1 fully saturated rings. The number of allylic oxidation sites excluding steroid dienone is 4. The molecule has 84 valence electrons. The molecule has 16 heavy (non-hydrogen) atoms. The van der Waals surface area contributed by atoms with Gasteiger partial charge < -0.3 is 0 Å². The first-order valence-electron chi connectivity index (χ1n) is 4.60. The van der Waals surface area contributed by atoms with E-state index in [4.69, 9.17) is 46.4 Å². The summed E-state index contributed by atoms with van der Waals surface area (Å²) in [6.07, 6.45) is 1.27. The fourth-order valence-corrected chi connectivity index (χ4v) is 4.46. The summed E-state index contributed by atoms with van der Waals surface area (Å²) in [7, 11) is 0. The first-order valence-corrected chi connectivity index (χ1v) is 6.11. The quantitative estimate of drug-likeness (QED) is 0.644. The van der Waals surface area contributed by atoms with Gasteiger partial charge in [0.1, 0.15) is 4.87 Å². The van der Waals surface area contributed by atoms with Gasteiger partial charge in [-0.05, 0) is 6.08 Å². The Morgan fingerprint density at radius 1 is 1.12 bits per heavy atom. The Balaban J connectivity index is 2.27. The Hall–Kier alpha value is -0.0200. The number of carbonyl (C=O) groups excluding carboxylic acids is 2. The van der Waals surface area contributed by atoms with Crippen molar-refractivity contribution in [3.05, 3.63) is 21.2 Å². The number of hydrogen-bond acceptors (Lipinski definition) is 2. The van der Waals surface area contributed by atoms with Gasteiger partial charge in [0.25, 0.3) is 0 Å². The Morgan fingerprint density at radius 2 is 1.75 bits per heavy atom. The summed E-state index contributed by atoms with van der Waals surface area (Å²) in [6, 6.07) is 0. The van der Waals surface area contributed by atoms with E-state index in [-0.39, 0.29) is 26.7 Å². The van der Waals surface area contributed by atoms with Gasteiger partial charge in [0, 0.05) is 15.1 Å². The molecule has 0 N–H and O–H groups in total. The molecule has 6 heteroatoms. The predicted molar refractivity (Wildman–Crippen MR) is 61.7 cm³/mol. The second-order valence-corrected chi connectivity index (χ2v) is 6.00. The van der Waals surface area contributed by atoms with Crippen molar-refractivity contribution in [3.8, 4) is 0 Å². The number of Topliss-reactive ketones (excluding diaryl/α,β-unsaturated/α-hetero) is 1. The Kier molecular flexibility index (Phi) is 2.11.